The fourth-order valence-electron chi connectivity index (χ4n) is 2.04. The minimum absolute atomic E-state index is 0. The molecule has 1 heterocycles. The van der Waals surface area contributed by atoms with Crippen LogP contribution in [0, 0.1) is 13.8 Å². The Kier molecular flexibility index (Phi) is 3.40. The summed E-state index contributed by atoms with van der Waals surface area (Å²) in [6.07, 6.45) is 1.21. The van der Waals surface area contributed by atoms with Gasteiger partial charge in [-0.3, -0.25) is 0 Å². The second-order valence-corrected chi connectivity index (χ2v) is 3.79. The van der Waals surface area contributed by atoms with Crippen molar-refractivity contribution < 1.29 is 5.11 Å². The molecule has 1 fully saturated rings. The van der Waals surface area contributed by atoms with Gasteiger partial charge in [-0.2, -0.15) is 0 Å². The van der Waals surface area contributed by atoms with Gasteiger partial charge in [0.1, 0.15) is 5.75 Å². The predicted octanol–water partition coefficient (Wildman–Crippen LogP) is 2.47. The minimum Gasteiger partial charge on any atom is -0.508 e. The van der Waals surface area contributed by atoms with Crippen molar-refractivity contribution >= 4 is 12.4 Å². The van der Waals surface area contributed by atoms with Crippen LogP contribution >= 0.6 is 12.4 Å². The molecule has 14 heavy (non-hydrogen) atoms. The molecule has 1 atom stereocenters. The van der Waals surface area contributed by atoms with Crippen LogP contribution in [0.15, 0.2) is 12.1 Å². The van der Waals surface area contributed by atoms with E-state index < -0.39 is 0 Å². The average molecular weight is 214 g/mol. The molecule has 0 amide bonds. The van der Waals surface area contributed by atoms with E-state index in [1.165, 1.54) is 23.1 Å². The number of hydrogen-bond donors (Lipinski definition) is 2. The summed E-state index contributed by atoms with van der Waals surface area (Å²) in [4.78, 5) is 0. The first-order chi connectivity index (χ1) is 6.18. The quantitative estimate of drug-likeness (QED) is 0.751. The van der Waals surface area contributed by atoms with Gasteiger partial charge in [-0.15, -0.1) is 12.4 Å². The monoisotopic (exact) mass is 213 g/mol. The Bertz CT molecular complexity index is 311. The number of halogens is 1. The summed E-state index contributed by atoms with van der Waals surface area (Å²) < 4.78 is 0. The highest BCUT2D eigenvalue weighted by Gasteiger charge is 2.21. The van der Waals surface area contributed by atoms with Crippen LogP contribution in [-0.2, 0) is 0 Å². The molecule has 3 heteroatoms. The van der Waals surface area contributed by atoms with Crippen LogP contribution in [0.25, 0.3) is 0 Å². The van der Waals surface area contributed by atoms with E-state index in [4.69, 9.17) is 0 Å². The van der Waals surface area contributed by atoms with E-state index >= 15 is 0 Å². The molecule has 0 spiro atoms. The Morgan fingerprint density at radius 2 is 1.79 bits per heavy atom. The normalized spacial score (nSPS) is 19.7. The van der Waals surface area contributed by atoms with Gasteiger partial charge in [0.15, 0.2) is 0 Å². The van der Waals surface area contributed by atoms with Gasteiger partial charge in [0.05, 0.1) is 0 Å². The maximum atomic E-state index is 9.37. The van der Waals surface area contributed by atoms with Crippen LogP contribution in [-0.4, -0.2) is 11.7 Å². The molecule has 1 aromatic rings. The zero-order valence-electron chi connectivity index (χ0n) is 8.50. The fraction of sp³-hybridized carbons (Fsp3) is 0.455. The van der Waals surface area contributed by atoms with Crippen LogP contribution < -0.4 is 5.32 Å². The lowest BCUT2D eigenvalue weighted by Gasteiger charge is -2.30. The summed E-state index contributed by atoms with van der Waals surface area (Å²) >= 11 is 0. The lowest BCUT2D eigenvalue weighted by atomic mass is 9.90. The third kappa shape index (κ3) is 1.86. The van der Waals surface area contributed by atoms with Gasteiger partial charge in [0, 0.05) is 6.04 Å². The van der Waals surface area contributed by atoms with Gasteiger partial charge in [0.2, 0.25) is 0 Å². The van der Waals surface area contributed by atoms with Gasteiger partial charge < -0.3 is 10.4 Å². The summed E-state index contributed by atoms with van der Waals surface area (Å²) in [5, 5.41) is 12.8. The average Bonchev–Trinajstić information content (AvgIpc) is 1.92. The highest BCUT2D eigenvalue weighted by atomic mass is 35.5. The summed E-state index contributed by atoms with van der Waals surface area (Å²) in [5.41, 5.74) is 3.74. The Balaban J connectivity index is 0.000000980. The zero-order chi connectivity index (χ0) is 9.42. The van der Waals surface area contributed by atoms with Gasteiger partial charge in [-0.25, -0.2) is 0 Å². The third-order valence-electron chi connectivity index (χ3n) is 2.75. The highest BCUT2D eigenvalue weighted by molar-refractivity contribution is 5.85. The summed E-state index contributed by atoms with van der Waals surface area (Å²) in [6.45, 7) is 5.23. The SMILES string of the molecule is Cc1cc(O)cc(C)c1[C@@H]1CCN1.Cl. The molecule has 78 valence electrons. The molecule has 2 nitrogen and oxygen atoms in total. The third-order valence-corrected chi connectivity index (χ3v) is 2.75. The Labute approximate surface area is 90.7 Å². The first-order valence-electron chi connectivity index (χ1n) is 4.72. The maximum absolute atomic E-state index is 9.37. The number of rotatable bonds is 1. The molecule has 0 bridgehead atoms. The summed E-state index contributed by atoms with van der Waals surface area (Å²) in [7, 11) is 0. The molecule has 0 aromatic heterocycles. The van der Waals surface area contributed by atoms with Crippen molar-refractivity contribution in [3.05, 3.63) is 28.8 Å². The zero-order valence-corrected chi connectivity index (χ0v) is 9.32. The van der Waals surface area contributed by atoms with E-state index in [0.717, 1.165) is 6.54 Å². The van der Waals surface area contributed by atoms with Crippen LogP contribution in [0.1, 0.15) is 29.2 Å². The van der Waals surface area contributed by atoms with Crippen molar-refractivity contribution in [1.29, 1.82) is 0 Å². The highest BCUT2D eigenvalue weighted by Crippen LogP contribution is 2.31. The molecule has 0 unspecified atom stereocenters. The Hall–Kier alpha value is -0.730. The maximum Gasteiger partial charge on any atom is 0.116 e. The second-order valence-electron chi connectivity index (χ2n) is 3.79. The second kappa shape index (κ2) is 4.20. The standard InChI is InChI=1S/C11H15NO.ClH/c1-7-5-9(13)6-8(2)11(7)10-3-4-12-10;/h5-6,10,12-13H,3-4H2,1-2H3;1H/t10-;/m0./s1. The van der Waals surface area contributed by atoms with Crippen molar-refractivity contribution in [3.63, 3.8) is 0 Å². The van der Waals surface area contributed by atoms with Gasteiger partial charge in [-0.1, -0.05) is 0 Å². The van der Waals surface area contributed by atoms with Gasteiger partial charge >= 0.3 is 0 Å². The van der Waals surface area contributed by atoms with Crippen molar-refractivity contribution in [2.75, 3.05) is 6.54 Å². The van der Waals surface area contributed by atoms with Crippen molar-refractivity contribution in [2.24, 2.45) is 0 Å². The molecule has 2 rings (SSSR count). The van der Waals surface area contributed by atoms with Crippen molar-refractivity contribution in [1.82, 2.24) is 5.32 Å². The van der Waals surface area contributed by atoms with E-state index in [1.807, 2.05) is 12.1 Å². The number of phenols is 1. The molecule has 0 radical (unpaired) electrons. The summed E-state index contributed by atoms with van der Waals surface area (Å²) in [6, 6.07) is 4.19. The Morgan fingerprint density at radius 1 is 1.29 bits per heavy atom. The largest absolute Gasteiger partial charge is 0.508 e. The van der Waals surface area contributed by atoms with E-state index in [2.05, 4.69) is 19.2 Å². The number of nitrogens with one attached hydrogen (secondary N) is 1. The molecule has 0 aliphatic carbocycles. The topological polar surface area (TPSA) is 32.3 Å². The van der Waals surface area contributed by atoms with E-state index in [1.54, 1.807) is 0 Å². The number of hydrogen-bond acceptors (Lipinski definition) is 2. The van der Waals surface area contributed by atoms with E-state index in [9.17, 15) is 5.11 Å². The van der Waals surface area contributed by atoms with Crippen molar-refractivity contribution in [2.45, 2.75) is 26.3 Å². The molecule has 1 aliphatic rings. The van der Waals surface area contributed by atoms with Crippen molar-refractivity contribution in [3.8, 4) is 5.75 Å². The lowest BCUT2D eigenvalue weighted by molar-refractivity contribution is 0.379. The van der Waals surface area contributed by atoms with Crippen LogP contribution in [0.5, 0.6) is 5.75 Å². The number of benzene rings is 1. The molecule has 0 saturated carbocycles. The number of aryl methyl sites for hydroxylation is 2. The van der Waals surface area contributed by atoms with Crippen LogP contribution in [0.3, 0.4) is 0 Å². The first kappa shape index (κ1) is 11.3. The molecule has 1 aromatic carbocycles. The van der Waals surface area contributed by atoms with E-state index in [0.29, 0.717) is 11.8 Å². The van der Waals surface area contributed by atoms with Crippen LogP contribution in [0.2, 0.25) is 0 Å². The number of aromatic hydroxyl groups is 1. The van der Waals surface area contributed by atoms with Gasteiger partial charge in [0.25, 0.3) is 0 Å². The van der Waals surface area contributed by atoms with Crippen LogP contribution in [0.4, 0.5) is 0 Å². The predicted molar refractivity (Wildman–Crippen MR) is 60.2 cm³/mol. The Morgan fingerprint density at radius 3 is 2.14 bits per heavy atom. The molecular weight excluding hydrogens is 198 g/mol. The lowest BCUT2D eigenvalue weighted by Crippen LogP contribution is -2.35. The molecule has 1 aliphatic heterocycles. The first-order valence-corrected chi connectivity index (χ1v) is 4.72. The smallest absolute Gasteiger partial charge is 0.116 e. The molecule has 1 saturated heterocycles. The van der Waals surface area contributed by atoms with E-state index in [-0.39, 0.29) is 12.4 Å². The van der Waals surface area contributed by atoms with Gasteiger partial charge in [-0.05, 0) is 55.6 Å². The fourth-order valence-corrected chi connectivity index (χ4v) is 2.04. The molecular formula is C11H16ClNO. The summed E-state index contributed by atoms with van der Waals surface area (Å²) in [5.74, 6) is 0.373. The minimum atomic E-state index is 0. The molecule has 2 N–H and O–H groups in total. The number of phenolic OH excluding ortho intramolecular Hbond substituents is 1.